The van der Waals surface area contributed by atoms with Crippen LogP contribution in [-0.4, -0.2) is 20.1 Å². The van der Waals surface area contributed by atoms with E-state index in [1.54, 1.807) is 36.4 Å². The summed E-state index contributed by atoms with van der Waals surface area (Å²) in [6.45, 7) is 2.63. The van der Waals surface area contributed by atoms with Crippen LogP contribution in [0.15, 0.2) is 53.4 Å². The summed E-state index contributed by atoms with van der Waals surface area (Å²) in [7, 11) is -3.64. The molecule has 0 aliphatic heterocycles. The van der Waals surface area contributed by atoms with Crippen molar-refractivity contribution >= 4 is 15.7 Å². The van der Waals surface area contributed by atoms with Gasteiger partial charge in [-0.3, -0.25) is 4.72 Å². The highest BCUT2D eigenvalue weighted by atomic mass is 32.2. The van der Waals surface area contributed by atoms with Gasteiger partial charge in [0.05, 0.1) is 18.1 Å². The Bertz CT molecular complexity index is 709. The third kappa shape index (κ3) is 4.97. The molecule has 0 atom stereocenters. The van der Waals surface area contributed by atoms with Gasteiger partial charge in [0, 0.05) is 5.69 Å². The summed E-state index contributed by atoms with van der Waals surface area (Å²) in [5.74, 6) is 0.657. The predicted molar refractivity (Wildman–Crippen MR) is 90.0 cm³/mol. The van der Waals surface area contributed by atoms with Crippen LogP contribution in [0.25, 0.3) is 0 Å². The van der Waals surface area contributed by atoms with Gasteiger partial charge in [-0.15, -0.1) is 0 Å². The van der Waals surface area contributed by atoms with E-state index in [9.17, 15) is 8.42 Å². The van der Waals surface area contributed by atoms with E-state index in [4.69, 9.17) is 9.84 Å². The maximum absolute atomic E-state index is 12.3. The lowest BCUT2D eigenvalue weighted by molar-refractivity contribution is 0.282. The topological polar surface area (TPSA) is 75.6 Å². The zero-order valence-electron chi connectivity index (χ0n) is 13.0. The summed E-state index contributed by atoms with van der Waals surface area (Å²) in [4.78, 5) is 0.173. The van der Waals surface area contributed by atoms with Crippen LogP contribution >= 0.6 is 0 Å². The van der Waals surface area contributed by atoms with E-state index in [0.29, 0.717) is 18.0 Å². The second kappa shape index (κ2) is 7.99. The van der Waals surface area contributed by atoms with Crippen molar-refractivity contribution in [2.75, 3.05) is 11.3 Å². The molecule has 124 valence electrons. The van der Waals surface area contributed by atoms with Crippen LogP contribution < -0.4 is 9.46 Å². The molecule has 0 aliphatic rings. The molecule has 23 heavy (non-hydrogen) atoms. The van der Waals surface area contributed by atoms with Gasteiger partial charge in [-0.05, 0) is 48.4 Å². The van der Waals surface area contributed by atoms with Crippen molar-refractivity contribution in [2.24, 2.45) is 0 Å². The number of unbranched alkanes of at least 4 members (excludes halogenated alkanes) is 1. The molecule has 6 heteroatoms. The molecule has 2 N–H and O–H groups in total. The molecule has 0 saturated heterocycles. The zero-order valence-corrected chi connectivity index (χ0v) is 13.8. The fraction of sp³-hybridized carbons (Fsp3) is 0.294. The number of hydrogen-bond donors (Lipinski definition) is 2. The zero-order chi connectivity index (χ0) is 16.7. The Labute approximate surface area is 137 Å². The van der Waals surface area contributed by atoms with Crippen LogP contribution in [0.3, 0.4) is 0 Å². The van der Waals surface area contributed by atoms with Gasteiger partial charge in [-0.2, -0.15) is 0 Å². The number of nitrogens with one attached hydrogen (secondary N) is 1. The number of hydrogen-bond acceptors (Lipinski definition) is 4. The summed E-state index contributed by atoms with van der Waals surface area (Å²) in [5.41, 5.74) is 1.17. The standard InChI is InChI=1S/C17H21NO4S/c1-2-3-12-22-16-8-10-17(11-9-16)23(20,21)18-15-6-4-14(13-19)5-7-15/h4-11,18-19H,2-3,12-13H2,1H3. The summed E-state index contributed by atoms with van der Waals surface area (Å²) in [6, 6.07) is 12.9. The monoisotopic (exact) mass is 335 g/mol. The Hall–Kier alpha value is -2.05. The molecule has 2 rings (SSSR count). The van der Waals surface area contributed by atoms with E-state index in [1.807, 2.05) is 0 Å². The van der Waals surface area contributed by atoms with Crippen molar-refractivity contribution < 1.29 is 18.3 Å². The molecule has 5 nitrogen and oxygen atoms in total. The SMILES string of the molecule is CCCCOc1ccc(S(=O)(=O)Nc2ccc(CO)cc2)cc1. The summed E-state index contributed by atoms with van der Waals surface area (Å²) < 4.78 is 32.7. The predicted octanol–water partition coefficient (Wildman–Crippen LogP) is 3.16. The maximum atomic E-state index is 12.3. The average Bonchev–Trinajstić information content (AvgIpc) is 2.56. The van der Waals surface area contributed by atoms with Gasteiger partial charge in [-0.1, -0.05) is 25.5 Å². The third-order valence-corrected chi connectivity index (χ3v) is 4.69. The van der Waals surface area contributed by atoms with Crippen LogP contribution in [0.5, 0.6) is 5.75 Å². The number of aliphatic hydroxyl groups excluding tert-OH is 1. The van der Waals surface area contributed by atoms with Crippen LogP contribution in [0.2, 0.25) is 0 Å². The molecule has 0 saturated carbocycles. The van der Waals surface area contributed by atoms with Crippen LogP contribution in [-0.2, 0) is 16.6 Å². The first kappa shape index (κ1) is 17.3. The van der Waals surface area contributed by atoms with Crippen molar-refractivity contribution in [1.82, 2.24) is 0 Å². The fourth-order valence-electron chi connectivity index (χ4n) is 1.94. The van der Waals surface area contributed by atoms with E-state index in [0.717, 1.165) is 18.4 Å². The third-order valence-electron chi connectivity index (χ3n) is 3.29. The van der Waals surface area contributed by atoms with E-state index >= 15 is 0 Å². The first-order valence-electron chi connectivity index (χ1n) is 7.50. The van der Waals surface area contributed by atoms with E-state index < -0.39 is 10.0 Å². The molecular formula is C17H21NO4S. The lowest BCUT2D eigenvalue weighted by Crippen LogP contribution is -2.12. The van der Waals surface area contributed by atoms with Crippen LogP contribution in [0, 0.1) is 0 Å². The molecule has 0 radical (unpaired) electrons. The summed E-state index contributed by atoms with van der Waals surface area (Å²) in [6.07, 6.45) is 2.01. The molecule has 0 aromatic heterocycles. The van der Waals surface area contributed by atoms with E-state index in [1.165, 1.54) is 12.1 Å². The largest absolute Gasteiger partial charge is 0.494 e. The molecule has 0 aliphatic carbocycles. The van der Waals surface area contributed by atoms with Gasteiger partial charge >= 0.3 is 0 Å². The van der Waals surface area contributed by atoms with Crippen molar-refractivity contribution in [1.29, 1.82) is 0 Å². The van der Waals surface area contributed by atoms with Gasteiger partial charge in [0.25, 0.3) is 10.0 Å². The minimum absolute atomic E-state index is 0.0769. The first-order valence-corrected chi connectivity index (χ1v) is 8.99. The summed E-state index contributed by atoms with van der Waals surface area (Å²) >= 11 is 0. The summed E-state index contributed by atoms with van der Waals surface area (Å²) in [5, 5.41) is 8.99. The number of ether oxygens (including phenoxy) is 1. The van der Waals surface area contributed by atoms with Gasteiger partial charge in [0.15, 0.2) is 0 Å². The van der Waals surface area contributed by atoms with Crippen LogP contribution in [0.1, 0.15) is 25.3 Å². The first-order chi connectivity index (χ1) is 11.0. The minimum atomic E-state index is -3.64. The highest BCUT2D eigenvalue weighted by Crippen LogP contribution is 2.20. The lowest BCUT2D eigenvalue weighted by Gasteiger charge is -2.10. The van der Waals surface area contributed by atoms with Gasteiger partial charge in [0.2, 0.25) is 0 Å². The Balaban J connectivity index is 2.06. The second-order valence-corrected chi connectivity index (χ2v) is 6.82. The molecule has 0 bridgehead atoms. The van der Waals surface area contributed by atoms with Gasteiger partial charge in [0.1, 0.15) is 5.75 Å². The Morgan fingerprint density at radius 1 is 1.04 bits per heavy atom. The number of sulfonamides is 1. The molecule has 0 amide bonds. The van der Waals surface area contributed by atoms with E-state index in [2.05, 4.69) is 11.6 Å². The number of anilines is 1. The molecule has 0 spiro atoms. The number of rotatable bonds is 8. The Kier molecular flexibility index (Phi) is 6.01. The number of benzene rings is 2. The quantitative estimate of drug-likeness (QED) is 0.727. The molecule has 0 heterocycles. The fourth-order valence-corrected chi connectivity index (χ4v) is 3.00. The Morgan fingerprint density at radius 3 is 2.26 bits per heavy atom. The normalized spacial score (nSPS) is 11.2. The second-order valence-electron chi connectivity index (χ2n) is 5.13. The smallest absolute Gasteiger partial charge is 0.261 e. The van der Waals surface area contributed by atoms with Gasteiger partial charge < -0.3 is 9.84 Å². The highest BCUT2D eigenvalue weighted by Gasteiger charge is 2.14. The maximum Gasteiger partial charge on any atom is 0.261 e. The van der Waals surface area contributed by atoms with Crippen molar-refractivity contribution in [3.05, 3.63) is 54.1 Å². The highest BCUT2D eigenvalue weighted by molar-refractivity contribution is 7.92. The average molecular weight is 335 g/mol. The Morgan fingerprint density at radius 2 is 1.70 bits per heavy atom. The molecule has 2 aromatic rings. The molecule has 0 unspecified atom stereocenters. The van der Waals surface area contributed by atoms with Crippen molar-refractivity contribution in [3.63, 3.8) is 0 Å². The molecular weight excluding hydrogens is 314 g/mol. The molecule has 2 aromatic carbocycles. The number of aliphatic hydroxyl groups is 1. The van der Waals surface area contributed by atoms with Crippen molar-refractivity contribution in [3.8, 4) is 5.75 Å². The minimum Gasteiger partial charge on any atom is -0.494 e. The molecule has 0 fully saturated rings. The van der Waals surface area contributed by atoms with E-state index in [-0.39, 0.29) is 11.5 Å². The van der Waals surface area contributed by atoms with Crippen molar-refractivity contribution in [2.45, 2.75) is 31.3 Å². The van der Waals surface area contributed by atoms with Crippen LogP contribution in [0.4, 0.5) is 5.69 Å². The lowest BCUT2D eigenvalue weighted by atomic mass is 10.2. The van der Waals surface area contributed by atoms with Gasteiger partial charge in [-0.25, -0.2) is 8.42 Å².